The zero-order valence-corrected chi connectivity index (χ0v) is 18.5. The summed E-state index contributed by atoms with van der Waals surface area (Å²) in [6, 6.07) is 6.16. The van der Waals surface area contributed by atoms with Gasteiger partial charge in [-0.2, -0.15) is 4.31 Å². The van der Waals surface area contributed by atoms with Crippen molar-refractivity contribution < 1.29 is 13.2 Å². The third kappa shape index (κ3) is 4.91. The highest BCUT2D eigenvalue weighted by Crippen LogP contribution is 2.28. The second kappa shape index (κ2) is 8.89. The fraction of sp³-hybridized carbons (Fsp3) is 0.500. The van der Waals surface area contributed by atoms with Gasteiger partial charge in [-0.15, -0.1) is 10.2 Å². The quantitative estimate of drug-likeness (QED) is 0.545. The third-order valence-electron chi connectivity index (χ3n) is 4.46. The molecule has 1 amide bonds. The number of rotatable bonds is 6. The van der Waals surface area contributed by atoms with Crippen LogP contribution < -0.4 is 5.32 Å². The minimum atomic E-state index is -3.64. The molecule has 0 saturated carbocycles. The predicted octanol–water partition coefficient (Wildman–Crippen LogP) is 3.57. The Hall–Kier alpha value is -1.49. The molecule has 2 aromatic rings. The lowest BCUT2D eigenvalue weighted by atomic mass is 9.94. The number of carbonyl (C=O) groups is 1. The maximum absolute atomic E-state index is 13.1. The molecule has 28 heavy (non-hydrogen) atoms. The van der Waals surface area contributed by atoms with Crippen LogP contribution in [0.5, 0.6) is 0 Å². The summed E-state index contributed by atoms with van der Waals surface area (Å²) in [7, 11) is -3.64. The molecule has 1 fully saturated rings. The summed E-state index contributed by atoms with van der Waals surface area (Å²) in [5.74, 6) is 1.10. The molecule has 2 heterocycles. The summed E-state index contributed by atoms with van der Waals surface area (Å²) in [4.78, 5) is 12.7. The van der Waals surface area contributed by atoms with Gasteiger partial charge >= 0.3 is 0 Å². The number of anilines is 1. The number of benzene rings is 1. The number of aromatic nitrogens is 2. The van der Waals surface area contributed by atoms with E-state index in [-0.39, 0.29) is 10.5 Å². The van der Waals surface area contributed by atoms with Crippen LogP contribution >= 0.6 is 23.1 Å². The van der Waals surface area contributed by atoms with Gasteiger partial charge in [-0.05, 0) is 42.2 Å². The maximum Gasteiger partial charge on any atom is 0.257 e. The smallest absolute Gasteiger partial charge is 0.257 e. The summed E-state index contributed by atoms with van der Waals surface area (Å²) in [5.41, 5.74) is 0.277. The number of thioether (sulfide) groups is 1. The molecule has 1 N–H and O–H groups in total. The zero-order chi connectivity index (χ0) is 20.3. The van der Waals surface area contributed by atoms with Gasteiger partial charge in [0, 0.05) is 18.7 Å². The number of hydrogen-bond donors (Lipinski definition) is 1. The van der Waals surface area contributed by atoms with E-state index in [1.54, 1.807) is 23.9 Å². The molecule has 3 rings (SSSR count). The van der Waals surface area contributed by atoms with Crippen LogP contribution in [0.25, 0.3) is 0 Å². The van der Waals surface area contributed by atoms with Crippen molar-refractivity contribution in [2.24, 2.45) is 11.8 Å². The largest absolute Gasteiger partial charge is 0.296 e. The lowest BCUT2D eigenvalue weighted by Gasteiger charge is -2.34. The number of carbonyl (C=O) groups excluding carboxylic acids is 1. The Morgan fingerprint density at radius 2 is 2.00 bits per heavy atom. The van der Waals surface area contributed by atoms with E-state index in [4.69, 9.17) is 0 Å². The van der Waals surface area contributed by atoms with E-state index >= 15 is 0 Å². The highest BCUT2D eigenvalue weighted by Gasteiger charge is 2.32. The normalized spacial score (nSPS) is 20.8. The third-order valence-corrected chi connectivity index (χ3v) is 8.15. The van der Waals surface area contributed by atoms with E-state index in [0.717, 1.165) is 16.5 Å². The van der Waals surface area contributed by atoms with Gasteiger partial charge in [0.25, 0.3) is 5.91 Å². The molecular formula is C18H24N4O3S3. The van der Waals surface area contributed by atoms with Crippen LogP contribution in [0.1, 0.15) is 37.6 Å². The van der Waals surface area contributed by atoms with E-state index in [1.807, 2.05) is 6.92 Å². The maximum atomic E-state index is 13.1. The van der Waals surface area contributed by atoms with Crippen LogP contribution in [0.4, 0.5) is 5.13 Å². The molecule has 2 atom stereocenters. The Bertz CT molecular complexity index is 935. The van der Waals surface area contributed by atoms with Crippen LogP contribution in [0.2, 0.25) is 0 Å². The Kier molecular flexibility index (Phi) is 6.74. The molecule has 1 saturated heterocycles. The first-order valence-corrected chi connectivity index (χ1v) is 12.4. The van der Waals surface area contributed by atoms with Crippen LogP contribution in [-0.2, 0) is 10.0 Å². The van der Waals surface area contributed by atoms with Gasteiger partial charge in [0.05, 0.1) is 4.90 Å². The van der Waals surface area contributed by atoms with E-state index in [9.17, 15) is 13.2 Å². The highest BCUT2D eigenvalue weighted by molar-refractivity contribution is 8.01. The summed E-state index contributed by atoms with van der Waals surface area (Å²) in [6.07, 6.45) is 1.02. The van der Waals surface area contributed by atoms with Gasteiger partial charge in [-0.1, -0.05) is 49.9 Å². The number of sulfonamides is 1. The molecular weight excluding hydrogens is 416 g/mol. The topological polar surface area (TPSA) is 92.3 Å². The van der Waals surface area contributed by atoms with Crippen LogP contribution in [-0.4, -0.2) is 47.7 Å². The molecule has 152 valence electrons. The van der Waals surface area contributed by atoms with Gasteiger partial charge in [-0.25, -0.2) is 8.42 Å². The Balaban J connectivity index is 1.78. The lowest BCUT2D eigenvalue weighted by Crippen LogP contribution is -2.42. The first kappa shape index (κ1) is 21.2. The van der Waals surface area contributed by atoms with Crippen molar-refractivity contribution in [1.82, 2.24) is 14.5 Å². The second-order valence-electron chi connectivity index (χ2n) is 7.06. The molecule has 1 aromatic carbocycles. The molecule has 10 heteroatoms. The minimum absolute atomic E-state index is 0.140. The Morgan fingerprint density at radius 3 is 2.68 bits per heavy atom. The molecule has 0 radical (unpaired) electrons. The summed E-state index contributed by atoms with van der Waals surface area (Å²) in [6.45, 7) is 7.15. The van der Waals surface area contributed by atoms with E-state index in [0.29, 0.717) is 30.1 Å². The average Bonchev–Trinajstić information content (AvgIpc) is 3.08. The summed E-state index contributed by atoms with van der Waals surface area (Å²) in [5, 5.41) is 11.0. The Morgan fingerprint density at radius 1 is 1.29 bits per heavy atom. The first-order chi connectivity index (χ1) is 13.3. The van der Waals surface area contributed by atoms with E-state index in [2.05, 4.69) is 29.4 Å². The monoisotopic (exact) mass is 440 g/mol. The molecule has 1 aromatic heterocycles. The molecule has 0 bridgehead atoms. The van der Waals surface area contributed by atoms with Crippen LogP contribution in [0, 0.1) is 11.8 Å². The fourth-order valence-corrected chi connectivity index (χ4v) is 6.73. The SMILES string of the molecule is CCSc1nnc(NC(=O)c2cccc(S(=O)(=O)N3C[C@H](C)C[C@H](C)C3)c2)s1. The van der Waals surface area contributed by atoms with E-state index in [1.165, 1.54) is 27.8 Å². The standard InChI is InChI=1S/C18H24N4O3S3/c1-4-26-18-21-20-17(27-18)19-16(23)14-6-5-7-15(9-14)28(24,25)22-10-12(2)8-13(3)11-22/h5-7,9,12-13H,4,8,10-11H2,1-3H3,(H,19,20,23)/t12-,13+. The number of amides is 1. The van der Waals surface area contributed by atoms with Gasteiger partial charge in [0.2, 0.25) is 15.2 Å². The molecule has 0 spiro atoms. The van der Waals surface area contributed by atoms with Gasteiger partial charge in [-0.3, -0.25) is 10.1 Å². The Labute approximate surface area is 174 Å². The van der Waals surface area contributed by atoms with Crippen molar-refractivity contribution in [2.75, 3.05) is 24.2 Å². The van der Waals surface area contributed by atoms with Crippen molar-refractivity contribution in [3.8, 4) is 0 Å². The number of nitrogens with one attached hydrogen (secondary N) is 1. The first-order valence-electron chi connectivity index (χ1n) is 9.17. The molecule has 1 aliphatic heterocycles. The van der Waals surface area contributed by atoms with Crippen molar-refractivity contribution >= 4 is 44.2 Å². The van der Waals surface area contributed by atoms with Gasteiger partial charge < -0.3 is 0 Å². The van der Waals surface area contributed by atoms with Crippen molar-refractivity contribution in [2.45, 2.75) is 36.4 Å². The van der Waals surface area contributed by atoms with Gasteiger partial charge in [0.1, 0.15) is 0 Å². The van der Waals surface area contributed by atoms with Crippen molar-refractivity contribution in [3.63, 3.8) is 0 Å². The fourth-order valence-electron chi connectivity index (χ4n) is 3.36. The molecule has 1 aliphatic rings. The van der Waals surface area contributed by atoms with Crippen molar-refractivity contribution in [1.29, 1.82) is 0 Å². The highest BCUT2D eigenvalue weighted by atomic mass is 32.2. The molecule has 0 aliphatic carbocycles. The molecule has 7 nitrogen and oxygen atoms in total. The number of piperidine rings is 1. The number of hydrogen-bond acceptors (Lipinski definition) is 7. The van der Waals surface area contributed by atoms with Gasteiger partial charge in [0.15, 0.2) is 4.34 Å². The van der Waals surface area contributed by atoms with E-state index < -0.39 is 15.9 Å². The minimum Gasteiger partial charge on any atom is -0.296 e. The lowest BCUT2D eigenvalue weighted by molar-refractivity contribution is 0.102. The summed E-state index contributed by atoms with van der Waals surface area (Å²) < 4.78 is 28.4. The predicted molar refractivity (Wildman–Crippen MR) is 112 cm³/mol. The van der Waals surface area contributed by atoms with Crippen LogP contribution in [0.3, 0.4) is 0 Å². The molecule has 0 unspecified atom stereocenters. The average molecular weight is 441 g/mol. The number of nitrogens with zero attached hydrogens (tertiary/aromatic N) is 3. The van der Waals surface area contributed by atoms with Crippen LogP contribution in [0.15, 0.2) is 33.5 Å². The van der Waals surface area contributed by atoms with Crippen molar-refractivity contribution in [3.05, 3.63) is 29.8 Å². The summed E-state index contributed by atoms with van der Waals surface area (Å²) >= 11 is 2.85. The zero-order valence-electron chi connectivity index (χ0n) is 16.1. The second-order valence-corrected chi connectivity index (χ2v) is 11.5.